The third-order valence-corrected chi connectivity index (χ3v) is 14.3. The fraction of sp³-hybridized carbons (Fsp3) is 0.154. The molecule has 0 fully saturated rings. The Hall–Kier alpha value is -2.21. The maximum Gasteiger partial charge on any atom is 0.322 e. The van der Waals surface area contributed by atoms with Crippen molar-refractivity contribution in [3.8, 4) is 62.0 Å². The fourth-order valence-corrected chi connectivity index (χ4v) is 12.6. The van der Waals surface area contributed by atoms with E-state index in [1.54, 1.807) is 61.4 Å². The Labute approximate surface area is 244 Å². The highest BCUT2D eigenvalue weighted by Gasteiger charge is 2.33. The van der Waals surface area contributed by atoms with Crippen LogP contribution in [0, 0.1) is 13.8 Å². The lowest BCUT2D eigenvalue weighted by Gasteiger charge is -2.14. The molecule has 188 valence electrons. The standard InChI is InChI=1S/C26H18B2O4S6/c1-9-3-13(31-27)21(33-9)15-5-11-7-29-17-23(19(11)35-15)37-26-18-24(38-25(17)26)20-12(8-30-18)6-16(36-20)22-14(32-28)4-10(2)34-22/h3-6H,7-8,27-28H2,1-2H3. The van der Waals surface area contributed by atoms with Gasteiger partial charge in [-0.2, -0.15) is 0 Å². The summed E-state index contributed by atoms with van der Waals surface area (Å²) in [4.78, 5) is 12.5. The van der Waals surface area contributed by atoms with Gasteiger partial charge in [0.05, 0.1) is 38.7 Å². The van der Waals surface area contributed by atoms with Crippen LogP contribution in [-0.2, 0) is 13.2 Å². The van der Waals surface area contributed by atoms with Gasteiger partial charge < -0.3 is 18.8 Å². The maximum atomic E-state index is 6.42. The second kappa shape index (κ2) is 8.64. The van der Waals surface area contributed by atoms with Crippen molar-refractivity contribution in [2.45, 2.75) is 27.1 Å². The molecule has 6 aromatic heterocycles. The van der Waals surface area contributed by atoms with E-state index in [1.165, 1.54) is 69.3 Å². The molecule has 0 radical (unpaired) electrons. The van der Waals surface area contributed by atoms with Crippen molar-refractivity contribution < 1.29 is 18.8 Å². The minimum absolute atomic E-state index is 0.590. The van der Waals surface area contributed by atoms with Gasteiger partial charge in [0.1, 0.15) is 24.7 Å². The van der Waals surface area contributed by atoms with Crippen LogP contribution in [0.5, 0.6) is 23.0 Å². The van der Waals surface area contributed by atoms with Gasteiger partial charge in [-0.1, -0.05) is 0 Å². The molecule has 0 saturated heterocycles. The van der Waals surface area contributed by atoms with Crippen molar-refractivity contribution in [1.82, 2.24) is 0 Å². The van der Waals surface area contributed by atoms with Gasteiger partial charge in [0.25, 0.3) is 0 Å². The summed E-state index contributed by atoms with van der Waals surface area (Å²) in [6.07, 6.45) is 0. The zero-order valence-electron chi connectivity index (χ0n) is 20.8. The predicted octanol–water partition coefficient (Wildman–Crippen LogP) is 8.13. The molecule has 0 bridgehead atoms. The number of aryl methyl sites for hydroxylation is 2. The number of hydrogen-bond donors (Lipinski definition) is 0. The van der Waals surface area contributed by atoms with Gasteiger partial charge in [-0.15, -0.1) is 68.0 Å². The van der Waals surface area contributed by atoms with E-state index in [9.17, 15) is 0 Å². The van der Waals surface area contributed by atoms with Crippen LogP contribution in [0.25, 0.3) is 48.4 Å². The largest absolute Gasteiger partial charge is 0.567 e. The predicted molar refractivity (Wildman–Crippen MR) is 169 cm³/mol. The van der Waals surface area contributed by atoms with Crippen molar-refractivity contribution in [3.63, 3.8) is 0 Å². The van der Waals surface area contributed by atoms with Crippen LogP contribution in [0.3, 0.4) is 0 Å². The monoisotopic (exact) mass is 608 g/mol. The van der Waals surface area contributed by atoms with Crippen LogP contribution < -0.4 is 18.8 Å². The summed E-state index contributed by atoms with van der Waals surface area (Å²) in [7, 11) is 3.49. The van der Waals surface area contributed by atoms with E-state index in [1.807, 2.05) is 22.7 Å². The zero-order valence-corrected chi connectivity index (χ0v) is 25.7. The van der Waals surface area contributed by atoms with Crippen molar-refractivity contribution >= 4 is 93.5 Å². The summed E-state index contributed by atoms with van der Waals surface area (Å²) in [6.45, 7) is 5.43. The minimum Gasteiger partial charge on any atom is -0.567 e. The van der Waals surface area contributed by atoms with Gasteiger partial charge in [0, 0.05) is 30.6 Å². The first-order valence-corrected chi connectivity index (χ1v) is 16.8. The van der Waals surface area contributed by atoms with E-state index < -0.39 is 0 Å². The van der Waals surface area contributed by atoms with E-state index in [4.69, 9.17) is 18.8 Å². The molecule has 8 rings (SSSR count). The summed E-state index contributed by atoms with van der Waals surface area (Å²) in [5.74, 6) is 3.92. The lowest BCUT2D eigenvalue weighted by Crippen LogP contribution is -2.00. The molecule has 0 saturated carbocycles. The van der Waals surface area contributed by atoms with E-state index in [2.05, 4.69) is 38.1 Å². The van der Waals surface area contributed by atoms with Crippen LogP contribution >= 0.6 is 68.0 Å². The molecule has 0 N–H and O–H groups in total. The van der Waals surface area contributed by atoms with Gasteiger partial charge in [-0.3, -0.25) is 0 Å². The summed E-state index contributed by atoms with van der Waals surface area (Å²) in [5.41, 5.74) is 2.50. The summed E-state index contributed by atoms with van der Waals surface area (Å²) in [5, 5.41) is 0. The fourth-order valence-electron chi connectivity index (χ4n) is 5.06. The van der Waals surface area contributed by atoms with Crippen LogP contribution in [-0.4, -0.2) is 16.1 Å². The average Bonchev–Trinajstić information content (AvgIpc) is 3.72. The molecular weight excluding hydrogens is 590 g/mol. The number of fused-ring (bicyclic) bond motifs is 9. The van der Waals surface area contributed by atoms with E-state index >= 15 is 0 Å². The second-order valence-corrected chi connectivity index (χ2v) is 15.9. The Bertz CT molecular complexity index is 1760. The smallest absolute Gasteiger partial charge is 0.322 e. The Morgan fingerprint density at radius 3 is 1.45 bits per heavy atom. The quantitative estimate of drug-likeness (QED) is 0.190. The Morgan fingerprint density at radius 2 is 1.03 bits per heavy atom. The van der Waals surface area contributed by atoms with Gasteiger partial charge in [-0.25, -0.2) is 0 Å². The van der Waals surface area contributed by atoms with Gasteiger partial charge in [0.15, 0.2) is 11.5 Å². The molecule has 6 aromatic rings. The maximum absolute atomic E-state index is 6.42. The highest BCUT2D eigenvalue weighted by Crippen LogP contribution is 2.62. The third-order valence-electron chi connectivity index (χ3n) is 6.74. The first-order chi connectivity index (χ1) is 18.5. The number of hydrogen-bond acceptors (Lipinski definition) is 10. The average molecular weight is 608 g/mol. The molecule has 12 heteroatoms. The summed E-state index contributed by atoms with van der Waals surface area (Å²) in [6, 6.07) is 8.78. The van der Waals surface area contributed by atoms with Gasteiger partial charge >= 0.3 is 16.1 Å². The van der Waals surface area contributed by atoms with Crippen molar-refractivity contribution in [1.29, 1.82) is 0 Å². The Morgan fingerprint density at radius 1 is 0.579 bits per heavy atom. The normalized spacial score (nSPS) is 13.4. The molecule has 0 aliphatic carbocycles. The van der Waals surface area contributed by atoms with Crippen molar-refractivity contribution in [2.75, 3.05) is 0 Å². The molecule has 2 aliphatic heterocycles. The molecule has 8 heterocycles. The molecule has 4 nitrogen and oxygen atoms in total. The van der Waals surface area contributed by atoms with Crippen LogP contribution in [0.15, 0.2) is 24.3 Å². The molecule has 38 heavy (non-hydrogen) atoms. The highest BCUT2D eigenvalue weighted by molar-refractivity contribution is 7.35. The first kappa shape index (κ1) is 23.7. The van der Waals surface area contributed by atoms with Crippen molar-refractivity contribution in [3.05, 3.63) is 45.1 Å². The van der Waals surface area contributed by atoms with E-state index in [-0.39, 0.29) is 0 Å². The molecule has 2 aliphatic rings. The number of ether oxygens (including phenoxy) is 2. The minimum atomic E-state index is 0.590. The topological polar surface area (TPSA) is 36.9 Å². The third kappa shape index (κ3) is 3.37. The molecule has 0 atom stereocenters. The second-order valence-electron chi connectivity index (χ2n) is 9.20. The molecule has 0 unspecified atom stereocenters. The molecule has 0 spiro atoms. The van der Waals surface area contributed by atoms with E-state index in [0.29, 0.717) is 13.2 Å². The summed E-state index contributed by atoms with van der Waals surface area (Å²) < 4.78 is 26.6. The number of thiophene rings is 6. The van der Waals surface area contributed by atoms with Crippen molar-refractivity contribution in [2.24, 2.45) is 0 Å². The highest BCUT2D eigenvalue weighted by atomic mass is 32.1. The molecule has 0 aromatic carbocycles. The van der Waals surface area contributed by atoms with E-state index in [0.717, 1.165) is 23.0 Å². The van der Waals surface area contributed by atoms with Gasteiger partial charge in [-0.05, 0) is 38.1 Å². The lowest BCUT2D eigenvalue weighted by atomic mass is 10.1. The lowest BCUT2D eigenvalue weighted by molar-refractivity contribution is 0.307. The Kier molecular flexibility index (Phi) is 5.38. The van der Waals surface area contributed by atoms with Gasteiger partial charge in [0.2, 0.25) is 0 Å². The van der Waals surface area contributed by atoms with Crippen LogP contribution in [0.1, 0.15) is 20.9 Å². The van der Waals surface area contributed by atoms with Crippen LogP contribution in [0.4, 0.5) is 0 Å². The zero-order chi connectivity index (χ0) is 25.7. The Balaban J connectivity index is 1.23. The number of rotatable bonds is 4. The summed E-state index contributed by atoms with van der Waals surface area (Å²) >= 11 is 10.9. The first-order valence-electron chi connectivity index (χ1n) is 11.9. The van der Waals surface area contributed by atoms with Crippen LogP contribution in [0.2, 0.25) is 0 Å². The molecular formula is C26H18B2O4S6. The SMILES string of the molecule is BOc1cc(C)sc1-c1cc2c(s1)-c1sc3c4c(sc3c1OC2)-c1sc(-c2sc(C)cc2OB)cc1CO4. The molecule has 0 amide bonds.